The second kappa shape index (κ2) is 6.44. The van der Waals surface area contributed by atoms with E-state index in [4.69, 9.17) is 22.1 Å². The fourth-order valence-corrected chi connectivity index (χ4v) is 2.90. The molecule has 0 aromatic heterocycles. The van der Waals surface area contributed by atoms with Crippen LogP contribution in [0.4, 0.5) is 13.2 Å². The van der Waals surface area contributed by atoms with Gasteiger partial charge in [0.2, 0.25) is 5.91 Å². The van der Waals surface area contributed by atoms with Crippen molar-refractivity contribution in [2.45, 2.75) is 31.3 Å². The monoisotopic (exact) mass is 336 g/mol. The molecule has 0 bridgehead atoms. The van der Waals surface area contributed by atoms with Crippen LogP contribution in [0.3, 0.4) is 0 Å². The molecule has 2 atom stereocenters. The summed E-state index contributed by atoms with van der Waals surface area (Å²) in [6.07, 6.45) is -4.21. The van der Waals surface area contributed by atoms with Crippen LogP contribution in [0.1, 0.15) is 17.5 Å². The predicted octanol–water partition coefficient (Wildman–Crippen LogP) is 2.43. The smallest absolute Gasteiger partial charge is 0.380 e. The standard InChI is InChI=1S/C14H16ClF3N2O2/c1-22-11-5-12(13(19)21)20(7-11)6-8-2-9(14(16,17)18)4-10(15)3-8/h2-4,11-12H,5-7H2,1H3,(H2,19,21)/t11-,12-/m0/s1. The first kappa shape index (κ1) is 17.1. The van der Waals surface area contributed by atoms with Crippen LogP contribution >= 0.6 is 11.6 Å². The molecule has 1 aromatic rings. The quantitative estimate of drug-likeness (QED) is 0.918. The number of alkyl halides is 3. The number of likely N-dealkylation sites (tertiary alicyclic amines) is 1. The number of methoxy groups -OCH3 is 1. The maximum atomic E-state index is 12.8. The van der Waals surface area contributed by atoms with Crippen LogP contribution in [-0.4, -0.2) is 36.6 Å². The van der Waals surface area contributed by atoms with Gasteiger partial charge in [0.05, 0.1) is 17.7 Å². The first-order valence-corrected chi connectivity index (χ1v) is 7.01. The molecule has 0 radical (unpaired) electrons. The number of ether oxygens (including phenoxy) is 1. The Kier molecular flexibility index (Phi) is 4.99. The summed E-state index contributed by atoms with van der Waals surface area (Å²) in [5.41, 5.74) is 4.91. The van der Waals surface area contributed by atoms with E-state index in [1.165, 1.54) is 13.2 Å². The van der Waals surface area contributed by atoms with E-state index in [0.29, 0.717) is 18.5 Å². The van der Waals surface area contributed by atoms with Gasteiger partial charge >= 0.3 is 6.18 Å². The number of halogens is 4. The third-order valence-electron chi connectivity index (χ3n) is 3.70. The molecule has 1 fully saturated rings. The van der Waals surface area contributed by atoms with Crippen LogP contribution in [0.5, 0.6) is 0 Å². The lowest BCUT2D eigenvalue weighted by Gasteiger charge is -2.22. The molecule has 1 amide bonds. The predicted molar refractivity (Wildman–Crippen MR) is 75.3 cm³/mol. The number of carbonyl (C=O) groups is 1. The Labute approximate surface area is 131 Å². The van der Waals surface area contributed by atoms with E-state index in [1.54, 1.807) is 4.90 Å². The average molecular weight is 337 g/mol. The fraction of sp³-hybridized carbons (Fsp3) is 0.500. The number of carbonyl (C=O) groups excluding carboxylic acids is 1. The van der Waals surface area contributed by atoms with Crippen molar-refractivity contribution in [3.63, 3.8) is 0 Å². The summed E-state index contributed by atoms with van der Waals surface area (Å²) in [5.74, 6) is -0.516. The molecule has 0 saturated carbocycles. The second-order valence-electron chi connectivity index (χ2n) is 5.29. The third kappa shape index (κ3) is 3.91. The molecule has 4 nitrogen and oxygen atoms in total. The molecule has 1 saturated heterocycles. The number of nitrogens with zero attached hydrogens (tertiary/aromatic N) is 1. The van der Waals surface area contributed by atoms with Crippen molar-refractivity contribution in [2.75, 3.05) is 13.7 Å². The van der Waals surface area contributed by atoms with Gasteiger partial charge in [-0.2, -0.15) is 13.2 Å². The zero-order chi connectivity index (χ0) is 16.5. The number of primary amides is 1. The van der Waals surface area contributed by atoms with Crippen molar-refractivity contribution in [3.05, 3.63) is 34.3 Å². The van der Waals surface area contributed by atoms with Crippen LogP contribution in [0, 0.1) is 0 Å². The number of nitrogens with two attached hydrogens (primary N) is 1. The van der Waals surface area contributed by atoms with Gasteiger partial charge in [0, 0.05) is 25.2 Å². The minimum atomic E-state index is -4.47. The summed E-state index contributed by atoms with van der Waals surface area (Å²) in [5, 5.41) is 0.00272. The Morgan fingerprint density at radius 2 is 2.14 bits per heavy atom. The van der Waals surface area contributed by atoms with Crippen LogP contribution in [0.25, 0.3) is 0 Å². The number of hydrogen-bond acceptors (Lipinski definition) is 3. The largest absolute Gasteiger partial charge is 0.416 e. The summed E-state index contributed by atoms with van der Waals surface area (Å²) in [7, 11) is 1.52. The Morgan fingerprint density at radius 1 is 1.45 bits per heavy atom. The van der Waals surface area contributed by atoms with Crippen molar-refractivity contribution in [1.82, 2.24) is 4.90 Å². The minimum absolute atomic E-state index is 0.00272. The first-order valence-electron chi connectivity index (χ1n) is 6.63. The van der Waals surface area contributed by atoms with Gasteiger partial charge in [0.15, 0.2) is 0 Å². The lowest BCUT2D eigenvalue weighted by molar-refractivity contribution is -0.137. The molecule has 0 aliphatic carbocycles. The average Bonchev–Trinajstić information content (AvgIpc) is 2.80. The number of hydrogen-bond donors (Lipinski definition) is 1. The van der Waals surface area contributed by atoms with Crippen molar-refractivity contribution in [2.24, 2.45) is 5.73 Å². The Morgan fingerprint density at radius 3 is 2.68 bits per heavy atom. The molecule has 8 heteroatoms. The molecule has 0 unspecified atom stereocenters. The first-order chi connectivity index (χ1) is 10.2. The van der Waals surface area contributed by atoms with E-state index in [2.05, 4.69) is 0 Å². The summed E-state index contributed by atoms with van der Waals surface area (Å²) in [6, 6.07) is 2.80. The second-order valence-corrected chi connectivity index (χ2v) is 5.72. The highest BCUT2D eigenvalue weighted by Crippen LogP contribution is 2.33. The zero-order valence-electron chi connectivity index (χ0n) is 11.9. The lowest BCUT2D eigenvalue weighted by atomic mass is 10.1. The molecule has 1 aliphatic heterocycles. The van der Waals surface area contributed by atoms with Crippen molar-refractivity contribution in [3.8, 4) is 0 Å². The summed E-state index contributed by atoms with van der Waals surface area (Å²) in [4.78, 5) is 13.2. The van der Waals surface area contributed by atoms with Crippen molar-refractivity contribution < 1.29 is 22.7 Å². The van der Waals surface area contributed by atoms with Gasteiger partial charge in [0.25, 0.3) is 0 Å². The van der Waals surface area contributed by atoms with Crippen LogP contribution in [0.15, 0.2) is 18.2 Å². The molecule has 22 heavy (non-hydrogen) atoms. The molecule has 2 rings (SSSR count). The molecule has 122 valence electrons. The third-order valence-corrected chi connectivity index (χ3v) is 3.92. The number of amides is 1. The Balaban J connectivity index is 2.22. The minimum Gasteiger partial charge on any atom is -0.380 e. The summed E-state index contributed by atoms with van der Waals surface area (Å²) >= 11 is 5.76. The highest BCUT2D eigenvalue weighted by atomic mass is 35.5. The maximum absolute atomic E-state index is 12.8. The molecular formula is C14H16ClF3N2O2. The molecule has 2 N–H and O–H groups in total. The summed E-state index contributed by atoms with van der Waals surface area (Å²) in [6.45, 7) is 0.578. The molecule has 1 heterocycles. The highest BCUT2D eigenvalue weighted by Gasteiger charge is 2.36. The Hall–Kier alpha value is -1.31. The van der Waals surface area contributed by atoms with Crippen LogP contribution in [0.2, 0.25) is 5.02 Å². The Bertz CT molecular complexity index is 566. The van der Waals surface area contributed by atoms with Gasteiger partial charge in [0.1, 0.15) is 0 Å². The molecule has 1 aromatic carbocycles. The lowest BCUT2D eigenvalue weighted by Crippen LogP contribution is -2.39. The zero-order valence-corrected chi connectivity index (χ0v) is 12.6. The molecular weight excluding hydrogens is 321 g/mol. The maximum Gasteiger partial charge on any atom is 0.416 e. The van der Waals surface area contributed by atoms with Gasteiger partial charge in [-0.15, -0.1) is 0 Å². The van der Waals surface area contributed by atoms with Crippen molar-refractivity contribution >= 4 is 17.5 Å². The van der Waals surface area contributed by atoms with Gasteiger partial charge in [-0.05, 0) is 30.2 Å². The van der Waals surface area contributed by atoms with Crippen LogP contribution in [-0.2, 0) is 22.3 Å². The normalized spacial score (nSPS) is 23.0. The SMILES string of the molecule is CO[C@H]1C[C@@H](C(N)=O)N(Cc2cc(Cl)cc(C(F)(F)F)c2)C1. The molecule has 0 spiro atoms. The van der Waals surface area contributed by atoms with E-state index in [1.807, 2.05) is 0 Å². The fourth-order valence-electron chi connectivity index (χ4n) is 2.64. The van der Waals surface area contributed by atoms with E-state index in [9.17, 15) is 18.0 Å². The van der Waals surface area contributed by atoms with E-state index in [-0.39, 0.29) is 17.7 Å². The van der Waals surface area contributed by atoms with Gasteiger partial charge in [-0.1, -0.05) is 11.6 Å². The summed E-state index contributed by atoms with van der Waals surface area (Å²) < 4.78 is 43.7. The van der Waals surface area contributed by atoms with E-state index in [0.717, 1.165) is 12.1 Å². The number of rotatable bonds is 4. The van der Waals surface area contributed by atoms with E-state index >= 15 is 0 Å². The van der Waals surface area contributed by atoms with Gasteiger partial charge < -0.3 is 10.5 Å². The van der Waals surface area contributed by atoms with E-state index < -0.39 is 23.7 Å². The van der Waals surface area contributed by atoms with Crippen LogP contribution < -0.4 is 5.73 Å². The molecule has 1 aliphatic rings. The highest BCUT2D eigenvalue weighted by molar-refractivity contribution is 6.30. The number of benzene rings is 1. The van der Waals surface area contributed by atoms with Gasteiger partial charge in [-0.25, -0.2) is 0 Å². The topological polar surface area (TPSA) is 55.6 Å². The van der Waals surface area contributed by atoms with Gasteiger partial charge in [-0.3, -0.25) is 9.69 Å². The van der Waals surface area contributed by atoms with Crippen molar-refractivity contribution in [1.29, 1.82) is 0 Å².